The van der Waals surface area contributed by atoms with Crippen LogP contribution < -0.4 is 10.2 Å². The highest BCUT2D eigenvalue weighted by molar-refractivity contribution is 9.10. The molecule has 2 aromatic carbocycles. The van der Waals surface area contributed by atoms with Crippen molar-refractivity contribution in [2.24, 2.45) is 5.10 Å². The first kappa shape index (κ1) is 17.6. The van der Waals surface area contributed by atoms with Gasteiger partial charge in [-0.05, 0) is 37.6 Å². The van der Waals surface area contributed by atoms with Crippen LogP contribution in [0.4, 0.5) is 5.13 Å². The topological polar surface area (TPSA) is 46.5 Å². The molecular formula is C19H18BrN3OS. The summed E-state index contributed by atoms with van der Waals surface area (Å²) in [5.41, 5.74) is 8.45. The monoisotopic (exact) mass is 415 g/mol. The number of rotatable bonds is 5. The Bertz CT molecular complexity index is 921. The molecule has 1 N–H and O–H groups in total. The molecule has 6 heteroatoms. The Labute approximate surface area is 159 Å². The molecule has 0 saturated heterocycles. The molecule has 3 aromatic rings. The van der Waals surface area contributed by atoms with Crippen molar-refractivity contribution in [3.63, 3.8) is 0 Å². The Hall–Kier alpha value is -2.18. The van der Waals surface area contributed by atoms with E-state index in [4.69, 9.17) is 4.74 Å². The van der Waals surface area contributed by atoms with Crippen LogP contribution in [0.1, 0.15) is 16.7 Å². The molecule has 0 spiro atoms. The number of methoxy groups -OCH3 is 1. The zero-order valence-electron chi connectivity index (χ0n) is 14.2. The van der Waals surface area contributed by atoms with Gasteiger partial charge in [0, 0.05) is 21.0 Å². The number of nitrogens with zero attached hydrogens (tertiary/aromatic N) is 2. The number of anilines is 1. The Balaban J connectivity index is 1.75. The van der Waals surface area contributed by atoms with Crippen LogP contribution in [0.15, 0.2) is 51.4 Å². The van der Waals surface area contributed by atoms with E-state index in [1.165, 1.54) is 22.5 Å². The lowest BCUT2D eigenvalue weighted by molar-refractivity contribution is 0.414. The predicted octanol–water partition coefficient (Wildman–Crippen LogP) is 5.64. The minimum Gasteiger partial charge on any atom is -0.496 e. The molecular weight excluding hydrogens is 398 g/mol. The lowest BCUT2D eigenvalue weighted by atomic mass is 10.0. The van der Waals surface area contributed by atoms with Gasteiger partial charge in [0.2, 0.25) is 5.13 Å². The summed E-state index contributed by atoms with van der Waals surface area (Å²) in [6.45, 7) is 4.20. The van der Waals surface area contributed by atoms with Crippen molar-refractivity contribution in [1.29, 1.82) is 0 Å². The number of nitrogens with one attached hydrogen (secondary N) is 1. The van der Waals surface area contributed by atoms with E-state index in [2.05, 4.69) is 63.5 Å². The highest BCUT2D eigenvalue weighted by Gasteiger charge is 2.07. The van der Waals surface area contributed by atoms with Gasteiger partial charge >= 0.3 is 0 Å². The molecule has 0 radical (unpaired) electrons. The molecule has 1 aromatic heterocycles. The standard InChI is InChI=1S/C19H18BrN3OS/c1-12-4-6-16(13(2)8-12)17-11-25-19(22-17)23-21-10-14-9-15(20)5-7-18(14)24-3/h4-11H,1-3H3,(H,22,23)/b21-10-. The van der Waals surface area contributed by atoms with Gasteiger partial charge in [-0.2, -0.15) is 5.10 Å². The normalized spacial score (nSPS) is 11.0. The number of halogens is 1. The van der Waals surface area contributed by atoms with E-state index in [0.717, 1.165) is 32.2 Å². The number of benzene rings is 2. The number of thiazole rings is 1. The quantitative estimate of drug-likeness (QED) is 0.432. The van der Waals surface area contributed by atoms with Crippen LogP contribution in [0.5, 0.6) is 5.75 Å². The third kappa shape index (κ3) is 4.27. The number of aryl methyl sites for hydroxylation is 2. The zero-order chi connectivity index (χ0) is 17.8. The molecule has 0 unspecified atom stereocenters. The lowest BCUT2D eigenvalue weighted by Gasteiger charge is -2.04. The van der Waals surface area contributed by atoms with Crippen LogP contribution >= 0.6 is 27.3 Å². The smallest absolute Gasteiger partial charge is 0.203 e. The van der Waals surface area contributed by atoms with Gasteiger partial charge in [0.25, 0.3) is 0 Å². The molecule has 0 aliphatic carbocycles. The van der Waals surface area contributed by atoms with Crippen molar-refractivity contribution in [1.82, 2.24) is 4.98 Å². The molecule has 0 bridgehead atoms. The largest absolute Gasteiger partial charge is 0.496 e. The zero-order valence-corrected chi connectivity index (χ0v) is 16.6. The van der Waals surface area contributed by atoms with Gasteiger partial charge in [0.1, 0.15) is 5.75 Å². The van der Waals surface area contributed by atoms with E-state index in [1.807, 2.05) is 23.6 Å². The van der Waals surface area contributed by atoms with Gasteiger partial charge in [0.15, 0.2) is 0 Å². The second-order valence-electron chi connectivity index (χ2n) is 5.61. The first-order valence-corrected chi connectivity index (χ1v) is 9.40. The molecule has 0 fully saturated rings. The van der Waals surface area contributed by atoms with Crippen molar-refractivity contribution in [3.8, 4) is 17.0 Å². The van der Waals surface area contributed by atoms with Crippen LogP contribution in [0, 0.1) is 13.8 Å². The van der Waals surface area contributed by atoms with Crippen molar-refractivity contribution in [2.45, 2.75) is 13.8 Å². The maximum Gasteiger partial charge on any atom is 0.203 e. The van der Waals surface area contributed by atoms with Gasteiger partial charge in [-0.3, -0.25) is 5.43 Å². The molecule has 128 valence electrons. The summed E-state index contributed by atoms with van der Waals surface area (Å²) >= 11 is 4.98. The van der Waals surface area contributed by atoms with Gasteiger partial charge in [-0.1, -0.05) is 39.7 Å². The SMILES string of the molecule is COc1ccc(Br)cc1/C=N\Nc1nc(-c2ccc(C)cc2C)cs1. The van der Waals surface area contributed by atoms with Crippen molar-refractivity contribution >= 4 is 38.6 Å². The third-order valence-corrected chi connectivity index (χ3v) is 4.96. The van der Waals surface area contributed by atoms with Gasteiger partial charge in [0.05, 0.1) is 19.0 Å². The lowest BCUT2D eigenvalue weighted by Crippen LogP contribution is -1.94. The first-order valence-electron chi connectivity index (χ1n) is 7.72. The first-order chi connectivity index (χ1) is 12.1. The molecule has 3 rings (SSSR count). The van der Waals surface area contributed by atoms with E-state index >= 15 is 0 Å². The molecule has 0 saturated carbocycles. The van der Waals surface area contributed by atoms with E-state index in [1.54, 1.807) is 13.3 Å². The van der Waals surface area contributed by atoms with E-state index < -0.39 is 0 Å². The number of aromatic nitrogens is 1. The fourth-order valence-corrected chi connectivity index (χ4v) is 3.55. The molecule has 0 aliphatic rings. The van der Waals surface area contributed by atoms with Crippen molar-refractivity contribution < 1.29 is 4.74 Å². The predicted molar refractivity (Wildman–Crippen MR) is 109 cm³/mol. The number of hydrazone groups is 1. The average molecular weight is 416 g/mol. The Morgan fingerprint density at radius 1 is 1.20 bits per heavy atom. The molecule has 0 aliphatic heterocycles. The summed E-state index contributed by atoms with van der Waals surface area (Å²) in [6.07, 6.45) is 1.72. The summed E-state index contributed by atoms with van der Waals surface area (Å²) in [4.78, 5) is 4.62. The fourth-order valence-electron chi connectivity index (χ4n) is 2.51. The second kappa shape index (κ2) is 7.80. The molecule has 4 nitrogen and oxygen atoms in total. The molecule has 0 atom stereocenters. The second-order valence-corrected chi connectivity index (χ2v) is 7.39. The van der Waals surface area contributed by atoms with Gasteiger partial charge in [-0.15, -0.1) is 11.3 Å². The Kier molecular flexibility index (Phi) is 5.50. The van der Waals surface area contributed by atoms with Crippen LogP contribution in [0.25, 0.3) is 11.3 Å². The third-order valence-electron chi connectivity index (χ3n) is 3.72. The Morgan fingerprint density at radius 2 is 2.04 bits per heavy atom. The summed E-state index contributed by atoms with van der Waals surface area (Å²) in [5.74, 6) is 0.767. The summed E-state index contributed by atoms with van der Waals surface area (Å²) in [5, 5.41) is 7.06. The Morgan fingerprint density at radius 3 is 2.80 bits per heavy atom. The number of hydrogen-bond donors (Lipinski definition) is 1. The molecule has 1 heterocycles. The van der Waals surface area contributed by atoms with Crippen molar-refractivity contribution in [3.05, 3.63) is 62.9 Å². The van der Waals surface area contributed by atoms with E-state index in [-0.39, 0.29) is 0 Å². The maximum absolute atomic E-state index is 5.33. The van der Waals surface area contributed by atoms with Crippen LogP contribution in [0.3, 0.4) is 0 Å². The van der Waals surface area contributed by atoms with Gasteiger partial charge in [-0.25, -0.2) is 4.98 Å². The summed E-state index contributed by atoms with van der Waals surface area (Å²) < 4.78 is 6.31. The minimum atomic E-state index is 0.750. The molecule has 25 heavy (non-hydrogen) atoms. The average Bonchev–Trinajstić information content (AvgIpc) is 3.03. The fraction of sp³-hybridized carbons (Fsp3) is 0.158. The summed E-state index contributed by atoms with van der Waals surface area (Å²) in [7, 11) is 1.64. The van der Waals surface area contributed by atoms with Crippen LogP contribution in [-0.4, -0.2) is 18.3 Å². The summed E-state index contributed by atoms with van der Waals surface area (Å²) in [6, 6.07) is 12.2. The van der Waals surface area contributed by atoms with Crippen LogP contribution in [0.2, 0.25) is 0 Å². The number of hydrogen-bond acceptors (Lipinski definition) is 5. The highest BCUT2D eigenvalue weighted by atomic mass is 79.9. The van der Waals surface area contributed by atoms with Gasteiger partial charge < -0.3 is 4.74 Å². The number of ether oxygens (including phenoxy) is 1. The highest BCUT2D eigenvalue weighted by Crippen LogP contribution is 2.28. The van der Waals surface area contributed by atoms with E-state index in [0.29, 0.717) is 0 Å². The van der Waals surface area contributed by atoms with Crippen molar-refractivity contribution in [2.75, 3.05) is 12.5 Å². The van der Waals surface area contributed by atoms with Crippen LogP contribution in [-0.2, 0) is 0 Å². The minimum absolute atomic E-state index is 0.750. The maximum atomic E-state index is 5.33. The molecule has 0 amide bonds. The van der Waals surface area contributed by atoms with E-state index in [9.17, 15) is 0 Å².